The number of anilines is 1. The number of aromatic nitrogens is 1. The SMILES string of the molecule is CCN(C=O)c1cc(Cc2cncc3cc(OC)c(OC)cc23)ccc1OC. The number of ether oxygens (including phenoxy) is 3. The number of methoxy groups -OCH3 is 3. The number of rotatable bonds is 8. The van der Waals surface area contributed by atoms with E-state index in [9.17, 15) is 4.79 Å². The van der Waals surface area contributed by atoms with E-state index in [1.54, 1.807) is 26.2 Å². The quantitative estimate of drug-likeness (QED) is 0.556. The van der Waals surface area contributed by atoms with E-state index in [1.807, 2.05) is 49.6 Å². The Hall–Kier alpha value is -3.28. The van der Waals surface area contributed by atoms with Gasteiger partial charge in [0.25, 0.3) is 0 Å². The number of hydrogen-bond acceptors (Lipinski definition) is 5. The van der Waals surface area contributed by atoms with Crippen LogP contribution in [-0.2, 0) is 11.2 Å². The molecule has 1 amide bonds. The molecule has 6 heteroatoms. The minimum atomic E-state index is 0.566. The van der Waals surface area contributed by atoms with Gasteiger partial charge >= 0.3 is 0 Å². The van der Waals surface area contributed by atoms with Crippen LogP contribution in [0.4, 0.5) is 5.69 Å². The van der Waals surface area contributed by atoms with E-state index in [1.165, 1.54) is 0 Å². The van der Waals surface area contributed by atoms with Gasteiger partial charge in [0.15, 0.2) is 11.5 Å². The minimum absolute atomic E-state index is 0.566. The predicted octanol–water partition coefficient (Wildman–Crippen LogP) is 3.83. The van der Waals surface area contributed by atoms with Gasteiger partial charge in [0.1, 0.15) is 5.75 Å². The lowest BCUT2D eigenvalue weighted by Crippen LogP contribution is -2.21. The zero-order chi connectivity index (χ0) is 20.1. The highest BCUT2D eigenvalue weighted by Gasteiger charge is 2.13. The Kier molecular flexibility index (Phi) is 5.99. The molecule has 0 N–H and O–H groups in total. The molecule has 0 fully saturated rings. The standard InChI is InChI=1S/C22H24N2O4/c1-5-24(14-25)19-9-15(6-7-20(19)26-2)8-16-12-23-13-17-10-21(27-3)22(28-4)11-18(16)17/h6-7,9-14H,5,8H2,1-4H3. The summed E-state index contributed by atoms with van der Waals surface area (Å²) < 4.78 is 16.3. The third-order valence-corrected chi connectivity index (χ3v) is 4.76. The number of benzene rings is 2. The Morgan fingerprint density at radius 2 is 1.68 bits per heavy atom. The number of carbonyl (C=O) groups excluding carboxylic acids is 1. The normalized spacial score (nSPS) is 10.6. The fourth-order valence-corrected chi connectivity index (χ4v) is 3.29. The zero-order valence-electron chi connectivity index (χ0n) is 16.6. The van der Waals surface area contributed by atoms with Gasteiger partial charge in [-0.15, -0.1) is 0 Å². The van der Waals surface area contributed by atoms with E-state index in [0.29, 0.717) is 30.2 Å². The smallest absolute Gasteiger partial charge is 0.214 e. The van der Waals surface area contributed by atoms with Crippen LogP contribution in [0.3, 0.4) is 0 Å². The van der Waals surface area contributed by atoms with Gasteiger partial charge in [-0.25, -0.2) is 0 Å². The van der Waals surface area contributed by atoms with Crippen molar-refractivity contribution in [3.8, 4) is 17.2 Å². The fraction of sp³-hybridized carbons (Fsp3) is 0.273. The first kappa shape index (κ1) is 19.5. The van der Waals surface area contributed by atoms with Gasteiger partial charge < -0.3 is 19.1 Å². The van der Waals surface area contributed by atoms with Crippen LogP contribution < -0.4 is 19.1 Å². The molecule has 0 saturated heterocycles. The summed E-state index contributed by atoms with van der Waals surface area (Å²) >= 11 is 0. The molecule has 28 heavy (non-hydrogen) atoms. The molecule has 0 aliphatic heterocycles. The maximum absolute atomic E-state index is 11.4. The molecular weight excluding hydrogens is 356 g/mol. The fourth-order valence-electron chi connectivity index (χ4n) is 3.29. The number of hydrogen-bond donors (Lipinski definition) is 0. The molecule has 2 aromatic carbocycles. The van der Waals surface area contributed by atoms with Gasteiger partial charge in [0.05, 0.1) is 27.0 Å². The molecule has 6 nitrogen and oxygen atoms in total. The average molecular weight is 380 g/mol. The summed E-state index contributed by atoms with van der Waals surface area (Å²) in [4.78, 5) is 17.4. The monoisotopic (exact) mass is 380 g/mol. The van der Waals surface area contributed by atoms with Crippen LogP contribution in [0.15, 0.2) is 42.7 Å². The van der Waals surface area contributed by atoms with E-state index in [-0.39, 0.29) is 0 Å². The molecule has 1 aromatic heterocycles. The van der Waals surface area contributed by atoms with Gasteiger partial charge in [0, 0.05) is 24.3 Å². The molecule has 0 aliphatic rings. The maximum atomic E-state index is 11.4. The first-order chi connectivity index (χ1) is 13.6. The van der Waals surface area contributed by atoms with Gasteiger partial charge in [-0.2, -0.15) is 0 Å². The third kappa shape index (κ3) is 3.71. The van der Waals surface area contributed by atoms with E-state index in [4.69, 9.17) is 14.2 Å². The molecule has 0 spiro atoms. The molecule has 146 valence electrons. The summed E-state index contributed by atoms with van der Waals surface area (Å²) in [7, 11) is 4.84. The van der Waals surface area contributed by atoms with Crippen molar-refractivity contribution in [3.05, 3.63) is 53.9 Å². The summed E-state index contributed by atoms with van der Waals surface area (Å²) in [5.74, 6) is 2.02. The largest absolute Gasteiger partial charge is 0.495 e. The summed E-state index contributed by atoms with van der Waals surface area (Å²) in [5.41, 5.74) is 2.87. The van der Waals surface area contributed by atoms with Crippen molar-refractivity contribution in [2.75, 3.05) is 32.8 Å². The van der Waals surface area contributed by atoms with Crippen LogP contribution in [0.2, 0.25) is 0 Å². The predicted molar refractivity (Wildman–Crippen MR) is 110 cm³/mol. The molecule has 0 bridgehead atoms. The highest BCUT2D eigenvalue weighted by Crippen LogP contribution is 2.35. The second kappa shape index (κ2) is 8.61. The van der Waals surface area contributed by atoms with Crippen molar-refractivity contribution >= 4 is 22.9 Å². The van der Waals surface area contributed by atoms with E-state index in [2.05, 4.69) is 4.98 Å². The summed E-state index contributed by atoms with van der Waals surface area (Å²) in [6.45, 7) is 2.49. The lowest BCUT2D eigenvalue weighted by Gasteiger charge is -2.19. The number of fused-ring (bicyclic) bond motifs is 1. The topological polar surface area (TPSA) is 60.9 Å². The number of carbonyl (C=O) groups is 1. The van der Waals surface area contributed by atoms with E-state index < -0.39 is 0 Å². The molecular formula is C22H24N2O4. The van der Waals surface area contributed by atoms with Gasteiger partial charge in [0.2, 0.25) is 6.41 Å². The average Bonchev–Trinajstić information content (AvgIpc) is 2.74. The molecule has 0 saturated carbocycles. The molecule has 0 atom stereocenters. The Morgan fingerprint density at radius 3 is 2.32 bits per heavy atom. The summed E-state index contributed by atoms with van der Waals surface area (Å²) in [5, 5.41) is 2.03. The van der Waals surface area contributed by atoms with Crippen LogP contribution >= 0.6 is 0 Å². The van der Waals surface area contributed by atoms with Crippen molar-refractivity contribution in [3.63, 3.8) is 0 Å². The highest BCUT2D eigenvalue weighted by atomic mass is 16.5. The van der Waals surface area contributed by atoms with Crippen LogP contribution in [-0.4, -0.2) is 39.3 Å². The van der Waals surface area contributed by atoms with Gasteiger partial charge in [-0.1, -0.05) is 6.07 Å². The van der Waals surface area contributed by atoms with Crippen LogP contribution in [0.1, 0.15) is 18.1 Å². The molecule has 3 rings (SSSR count). The lowest BCUT2D eigenvalue weighted by molar-refractivity contribution is -0.107. The zero-order valence-corrected chi connectivity index (χ0v) is 16.6. The summed E-state index contributed by atoms with van der Waals surface area (Å²) in [6.07, 6.45) is 5.15. The van der Waals surface area contributed by atoms with E-state index >= 15 is 0 Å². The van der Waals surface area contributed by atoms with Crippen LogP contribution in [0.5, 0.6) is 17.2 Å². The Morgan fingerprint density at radius 1 is 0.964 bits per heavy atom. The van der Waals surface area contributed by atoms with Crippen molar-refractivity contribution in [2.24, 2.45) is 0 Å². The Bertz CT molecular complexity index is 988. The second-order valence-corrected chi connectivity index (χ2v) is 6.30. The lowest BCUT2D eigenvalue weighted by atomic mass is 9.99. The molecule has 3 aromatic rings. The molecule has 0 radical (unpaired) electrons. The third-order valence-electron chi connectivity index (χ3n) is 4.76. The first-order valence-electron chi connectivity index (χ1n) is 9.02. The molecule has 0 unspecified atom stereocenters. The maximum Gasteiger partial charge on any atom is 0.214 e. The van der Waals surface area contributed by atoms with Crippen molar-refractivity contribution in [1.82, 2.24) is 4.98 Å². The van der Waals surface area contributed by atoms with Crippen molar-refractivity contribution in [1.29, 1.82) is 0 Å². The van der Waals surface area contributed by atoms with Crippen molar-refractivity contribution < 1.29 is 19.0 Å². The second-order valence-electron chi connectivity index (χ2n) is 6.30. The number of amides is 1. The molecule has 0 aliphatic carbocycles. The number of pyridine rings is 1. The van der Waals surface area contributed by atoms with Crippen molar-refractivity contribution in [2.45, 2.75) is 13.3 Å². The van der Waals surface area contributed by atoms with E-state index in [0.717, 1.165) is 34.0 Å². The van der Waals surface area contributed by atoms with Crippen LogP contribution in [0, 0.1) is 0 Å². The van der Waals surface area contributed by atoms with Gasteiger partial charge in [-0.05, 0) is 54.1 Å². The Balaban J connectivity index is 2.05. The Labute approximate surface area is 164 Å². The minimum Gasteiger partial charge on any atom is -0.495 e. The summed E-state index contributed by atoms with van der Waals surface area (Å²) in [6, 6.07) is 9.77. The highest BCUT2D eigenvalue weighted by molar-refractivity contribution is 5.88. The molecule has 1 heterocycles. The van der Waals surface area contributed by atoms with Crippen LogP contribution in [0.25, 0.3) is 10.8 Å². The van der Waals surface area contributed by atoms with Gasteiger partial charge in [-0.3, -0.25) is 9.78 Å². The first-order valence-corrected chi connectivity index (χ1v) is 9.02. The number of nitrogens with zero attached hydrogens (tertiary/aromatic N) is 2.